The molecule has 0 atom stereocenters. The number of H-pyrrole nitrogens is 1. The third-order valence-corrected chi connectivity index (χ3v) is 3.16. The summed E-state index contributed by atoms with van der Waals surface area (Å²) in [6.45, 7) is 0. The smallest absolute Gasteiger partial charge is 0.255 e. The fourth-order valence-electron chi connectivity index (χ4n) is 1.22. The first-order valence-electron chi connectivity index (χ1n) is 4.45. The number of aromatic nitrogens is 2. The van der Waals surface area contributed by atoms with Gasteiger partial charge in [0.2, 0.25) is 0 Å². The molecule has 2 rings (SSSR count). The van der Waals surface area contributed by atoms with Gasteiger partial charge in [-0.2, -0.15) is 0 Å². The van der Waals surface area contributed by atoms with Gasteiger partial charge in [0.1, 0.15) is 5.82 Å². The summed E-state index contributed by atoms with van der Waals surface area (Å²) in [7, 11) is 0. The first-order chi connectivity index (χ1) is 7.29. The van der Waals surface area contributed by atoms with Crippen molar-refractivity contribution in [2.75, 3.05) is 0 Å². The van der Waals surface area contributed by atoms with Crippen LogP contribution in [0.2, 0.25) is 0 Å². The molecule has 78 valence electrons. The summed E-state index contributed by atoms with van der Waals surface area (Å²) in [5, 5.41) is 2.00. The Bertz CT molecular complexity index is 492. The second-order valence-electron chi connectivity index (χ2n) is 3.07. The van der Waals surface area contributed by atoms with E-state index in [1.165, 1.54) is 11.1 Å². The molecular weight excluding hydrogens is 232 g/mol. The van der Waals surface area contributed by atoms with Crippen LogP contribution in [0.1, 0.15) is 16.3 Å². The van der Waals surface area contributed by atoms with Crippen molar-refractivity contribution in [2.24, 2.45) is 0 Å². The largest absolute Gasteiger partial charge is 0.310 e. The Labute approximate surface area is 95.8 Å². The highest BCUT2D eigenvalue weighted by Crippen LogP contribution is 2.11. The van der Waals surface area contributed by atoms with Gasteiger partial charge >= 0.3 is 0 Å². The lowest BCUT2D eigenvalue weighted by atomic mass is 10.3. The minimum Gasteiger partial charge on any atom is -0.310 e. The number of hydrogen-bond donors (Lipinski definition) is 1. The highest BCUT2D eigenvalue weighted by atomic mass is 35.5. The van der Waals surface area contributed by atoms with Gasteiger partial charge in [-0.05, 0) is 11.4 Å². The first-order valence-corrected chi connectivity index (χ1v) is 5.86. The lowest BCUT2D eigenvalue weighted by molar-refractivity contribution is 0.935. The molecule has 0 saturated heterocycles. The van der Waals surface area contributed by atoms with E-state index in [0.29, 0.717) is 17.8 Å². The van der Waals surface area contributed by atoms with Gasteiger partial charge in [0.25, 0.3) is 5.56 Å². The van der Waals surface area contributed by atoms with Gasteiger partial charge in [-0.25, -0.2) is 4.98 Å². The van der Waals surface area contributed by atoms with E-state index >= 15 is 0 Å². The lowest BCUT2D eigenvalue weighted by Gasteiger charge is -1.99. The number of nitrogens with zero attached hydrogens (tertiary/aromatic N) is 1. The van der Waals surface area contributed by atoms with Crippen LogP contribution in [-0.2, 0) is 12.3 Å². The highest BCUT2D eigenvalue weighted by molar-refractivity contribution is 7.09. The zero-order chi connectivity index (χ0) is 10.7. The Hall–Kier alpha value is -1.13. The maximum Gasteiger partial charge on any atom is 0.255 e. The van der Waals surface area contributed by atoms with Crippen molar-refractivity contribution in [3.05, 3.63) is 50.3 Å². The molecule has 0 aliphatic rings. The van der Waals surface area contributed by atoms with Gasteiger partial charge in [-0.15, -0.1) is 22.9 Å². The summed E-state index contributed by atoms with van der Waals surface area (Å²) in [6, 6.07) is 3.99. The van der Waals surface area contributed by atoms with Crippen molar-refractivity contribution in [2.45, 2.75) is 12.3 Å². The Morgan fingerprint density at radius 3 is 3.00 bits per heavy atom. The van der Waals surface area contributed by atoms with Crippen molar-refractivity contribution in [3.63, 3.8) is 0 Å². The number of aromatic amines is 1. The second kappa shape index (κ2) is 4.59. The number of hydrogen-bond acceptors (Lipinski definition) is 3. The number of rotatable bonds is 3. The van der Waals surface area contributed by atoms with Gasteiger partial charge in [-0.3, -0.25) is 4.79 Å². The zero-order valence-corrected chi connectivity index (χ0v) is 9.44. The van der Waals surface area contributed by atoms with E-state index in [9.17, 15) is 4.79 Å². The second-order valence-corrected chi connectivity index (χ2v) is 4.37. The summed E-state index contributed by atoms with van der Waals surface area (Å²) in [5.41, 5.74) is 0.359. The molecule has 2 aromatic rings. The number of halogens is 1. The fourth-order valence-corrected chi connectivity index (χ4v) is 2.12. The van der Waals surface area contributed by atoms with Gasteiger partial charge in [0, 0.05) is 17.5 Å². The van der Waals surface area contributed by atoms with E-state index in [1.807, 2.05) is 17.5 Å². The van der Waals surface area contributed by atoms with Crippen LogP contribution in [0, 0.1) is 0 Å². The van der Waals surface area contributed by atoms with Gasteiger partial charge in [-0.1, -0.05) is 6.07 Å². The van der Waals surface area contributed by atoms with Crippen molar-refractivity contribution in [3.8, 4) is 0 Å². The maximum absolute atomic E-state index is 11.4. The Kier molecular flexibility index (Phi) is 3.18. The normalized spacial score (nSPS) is 10.5. The van der Waals surface area contributed by atoms with Crippen molar-refractivity contribution in [1.29, 1.82) is 0 Å². The molecule has 0 aromatic carbocycles. The van der Waals surface area contributed by atoms with Gasteiger partial charge < -0.3 is 4.98 Å². The average Bonchev–Trinajstić information content (AvgIpc) is 2.71. The minimum absolute atomic E-state index is 0.147. The summed E-state index contributed by atoms with van der Waals surface area (Å²) < 4.78 is 0. The molecule has 0 aliphatic carbocycles. The Morgan fingerprint density at radius 2 is 2.40 bits per heavy atom. The predicted octanol–water partition coefficient (Wildman–Crippen LogP) is 2.16. The van der Waals surface area contributed by atoms with Crippen LogP contribution in [0.4, 0.5) is 0 Å². The van der Waals surface area contributed by atoms with Crippen LogP contribution in [0.15, 0.2) is 28.5 Å². The minimum atomic E-state index is -0.147. The van der Waals surface area contributed by atoms with Crippen LogP contribution in [0.5, 0.6) is 0 Å². The van der Waals surface area contributed by atoms with Gasteiger partial charge in [0.05, 0.1) is 11.4 Å². The molecule has 2 heterocycles. The Morgan fingerprint density at radius 1 is 1.53 bits per heavy atom. The standard InChI is InChI=1S/C10H9ClN2OS/c11-5-7-6-12-9(13-10(7)14)4-8-2-1-3-15-8/h1-3,6H,4-5H2,(H,12,13,14). The number of alkyl halides is 1. The molecule has 0 unspecified atom stereocenters. The molecule has 1 N–H and O–H groups in total. The summed E-state index contributed by atoms with van der Waals surface area (Å²) >= 11 is 7.21. The third kappa shape index (κ3) is 2.46. The summed E-state index contributed by atoms with van der Waals surface area (Å²) in [4.78, 5) is 19.5. The highest BCUT2D eigenvalue weighted by Gasteiger charge is 2.02. The third-order valence-electron chi connectivity index (χ3n) is 1.99. The van der Waals surface area contributed by atoms with E-state index in [1.54, 1.807) is 11.3 Å². The van der Waals surface area contributed by atoms with E-state index in [2.05, 4.69) is 9.97 Å². The molecule has 0 spiro atoms. The molecule has 0 amide bonds. The van der Waals surface area contributed by atoms with Crippen LogP contribution < -0.4 is 5.56 Å². The molecular formula is C10H9ClN2OS. The molecule has 5 heteroatoms. The van der Waals surface area contributed by atoms with Crippen molar-refractivity contribution in [1.82, 2.24) is 9.97 Å². The Balaban J connectivity index is 2.24. The molecule has 2 aromatic heterocycles. The fraction of sp³-hybridized carbons (Fsp3) is 0.200. The molecule has 0 bridgehead atoms. The zero-order valence-electron chi connectivity index (χ0n) is 7.87. The number of thiophene rings is 1. The topological polar surface area (TPSA) is 45.8 Å². The molecule has 0 aliphatic heterocycles. The lowest BCUT2D eigenvalue weighted by Crippen LogP contribution is -2.15. The summed E-state index contributed by atoms with van der Waals surface area (Å²) in [6.07, 6.45) is 2.20. The van der Waals surface area contributed by atoms with Crippen LogP contribution in [-0.4, -0.2) is 9.97 Å². The predicted molar refractivity (Wildman–Crippen MR) is 61.5 cm³/mol. The molecule has 0 saturated carbocycles. The summed E-state index contributed by atoms with van der Waals surface area (Å²) in [5.74, 6) is 0.873. The quantitative estimate of drug-likeness (QED) is 0.836. The van der Waals surface area contributed by atoms with Gasteiger partial charge in [0.15, 0.2) is 0 Å². The van der Waals surface area contributed by atoms with Crippen LogP contribution in [0.3, 0.4) is 0 Å². The molecule has 3 nitrogen and oxygen atoms in total. The van der Waals surface area contributed by atoms with Crippen LogP contribution in [0.25, 0.3) is 0 Å². The monoisotopic (exact) mass is 240 g/mol. The first kappa shape index (κ1) is 10.4. The van der Waals surface area contributed by atoms with E-state index in [0.717, 1.165) is 0 Å². The maximum atomic E-state index is 11.4. The molecule has 0 fully saturated rings. The van der Waals surface area contributed by atoms with E-state index < -0.39 is 0 Å². The number of nitrogens with one attached hydrogen (secondary N) is 1. The van der Waals surface area contributed by atoms with E-state index in [-0.39, 0.29) is 11.4 Å². The van der Waals surface area contributed by atoms with Crippen molar-refractivity contribution >= 4 is 22.9 Å². The van der Waals surface area contributed by atoms with E-state index in [4.69, 9.17) is 11.6 Å². The SMILES string of the molecule is O=c1[nH]c(Cc2cccs2)ncc1CCl. The molecule has 0 radical (unpaired) electrons. The average molecular weight is 241 g/mol. The van der Waals surface area contributed by atoms with Crippen molar-refractivity contribution < 1.29 is 0 Å². The van der Waals surface area contributed by atoms with Crippen LogP contribution >= 0.6 is 22.9 Å². The molecule has 15 heavy (non-hydrogen) atoms.